The van der Waals surface area contributed by atoms with Crippen LogP contribution in [0.2, 0.25) is 0 Å². The molecule has 76 valence electrons. The highest BCUT2D eigenvalue weighted by Gasteiger charge is 2.53. The van der Waals surface area contributed by atoms with Gasteiger partial charge in [0.15, 0.2) is 0 Å². The normalized spacial score (nSPS) is 29.3. The maximum atomic E-state index is 11.6. The van der Waals surface area contributed by atoms with E-state index < -0.39 is 0 Å². The lowest BCUT2D eigenvalue weighted by Crippen LogP contribution is -2.59. The molecular weight excluding hydrogens is 178 g/mol. The topological polar surface area (TPSA) is 58.7 Å². The highest BCUT2D eigenvalue weighted by atomic mass is 16.2. The van der Waals surface area contributed by atoms with Gasteiger partial charge in [-0.15, -0.1) is 0 Å². The summed E-state index contributed by atoms with van der Waals surface area (Å²) in [6.45, 7) is 0.878. The molecule has 0 aromatic heterocycles. The van der Waals surface area contributed by atoms with Gasteiger partial charge in [0.2, 0.25) is 0 Å². The Morgan fingerprint density at radius 2 is 2.21 bits per heavy atom. The Bertz CT molecular complexity index is 315. The minimum atomic E-state index is -0.153. The minimum Gasteiger partial charge on any atom is -0.385 e. The third-order valence-electron chi connectivity index (χ3n) is 3.76. The van der Waals surface area contributed by atoms with E-state index in [0.29, 0.717) is 5.84 Å². The Morgan fingerprint density at radius 3 is 2.71 bits per heavy atom. The molecule has 0 radical (unpaired) electrons. The van der Waals surface area contributed by atoms with Crippen molar-refractivity contribution in [1.82, 2.24) is 4.90 Å². The fourth-order valence-corrected chi connectivity index (χ4v) is 2.44. The minimum absolute atomic E-state index is 0.103. The Kier molecular flexibility index (Phi) is 1.47. The van der Waals surface area contributed by atoms with Gasteiger partial charge in [-0.2, -0.15) is 4.99 Å². The van der Waals surface area contributed by atoms with E-state index in [0.717, 1.165) is 25.3 Å². The van der Waals surface area contributed by atoms with Gasteiger partial charge in [0, 0.05) is 6.54 Å². The van der Waals surface area contributed by atoms with Crippen molar-refractivity contribution < 1.29 is 4.79 Å². The van der Waals surface area contributed by atoms with Crippen LogP contribution in [-0.2, 0) is 0 Å². The van der Waals surface area contributed by atoms with Crippen LogP contribution in [0.15, 0.2) is 4.99 Å². The van der Waals surface area contributed by atoms with Gasteiger partial charge in [0.25, 0.3) is 0 Å². The van der Waals surface area contributed by atoms with Crippen LogP contribution in [0, 0.1) is 5.92 Å². The largest absolute Gasteiger partial charge is 0.385 e. The second kappa shape index (κ2) is 2.49. The molecule has 4 nitrogen and oxygen atoms in total. The molecule has 1 aliphatic heterocycles. The van der Waals surface area contributed by atoms with E-state index in [9.17, 15) is 4.79 Å². The Hall–Kier alpha value is -1.06. The van der Waals surface area contributed by atoms with Crippen LogP contribution >= 0.6 is 0 Å². The van der Waals surface area contributed by atoms with E-state index >= 15 is 0 Å². The summed E-state index contributed by atoms with van der Waals surface area (Å²) in [7, 11) is 0. The van der Waals surface area contributed by atoms with Crippen molar-refractivity contribution in [3.8, 4) is 0 Å². The number of carbonyl (C=O) groups is 1. The summed E-state index contributed by atoms with van der Waals surface area (Å²) >= 11 is 0. The summed E-state index contributed by atoms with van der Waals surface area (Å²) in [5.41, 5.74) is 5.69. The van der Waals surface area contributed by atoms with Crippen LogP contribution < -0.4 is 5.73 Å². The first-order chi connectivity index (χ1) is 6.72. The molecule has 4 heteroatoms. The third-order valence-corrected chi connectivity index (χ3v) is 3.76. The van der Waals surface area contributed by atoms with Crippen molar-refractivity contribution in [3.63, 3.8) is 0 Å². The van der Waals surface area contributed by atoms with Gasteiger partial charge < -0.3 is 10.6 Å². The number of rotatable bonds is 2. The maximum Gasteiger partial charge on any atom is 0.346 e. The van der Waals surface area contributed by atoms with Gasteiger partial charge in [0.05, 0.1) is 0 Å². The zero-order valence-corrected chi connectivity index (χ0v) is 8.20. The van der Waals surface area contributed by atoms with Gasteiger partial charge in [-0.1, -0.05) is 0 Å². The molecule has 0 bridgehead atoms. The van der Waals surface area contributed by atoms with E-state index in [1.54, 1.807) is 0 Å². The van der Waals surface area contributed by atoms with Crippen molar-refractivity contribution in [1.29, 1.82) is 0 Å². The van der Waals surface area contributed by atoms with Gasteiger partial charge in [-0.25, -0.2) is 4.79 Å². The Morgan fingerprint density at radius 1 is 1.50 bits per heavy atom. The number of aliphatic imine (C=N–C) groups is 1. The number of carbonyl (C=O) groups excluding carboxylic acids is 1. The summed E-state index contributed by atoms with van der Waals surface area (Å²) in [6.07, 6.45) is 5.73. The second-order valence-corrected chi connectivity index (χ2v) is 4.72. The van der Waals surface area contributed by atoms with Crippen molar-refractivity contribution in [3.05, 3.63) is 0 Å². The van der Waals surface area contributed by atoms with Crippen molar-refractivity contribution >= 4 is 11.9 Å². The van der Waals surface area contributed by atoms with E-state index in [-0.39, 0.29) is 11.6 Å². The van der Waals surface area contributed by atoms with Crippen LogP contribution in [0.5, 0.6) is 0 Å². The summed E-state index contributed by atoms with van der Waals surface area (Å²) in [5, 5.41) is 0. The number of nitrogens with zero attached hydrogens (tertiary/aromatic N) is 2. The predicted molar refractivity (Wildman–Crippen MR) is 53.0 cm³/mol. The molecule has 0 aromatic rings. The molecule has 2 amide bonds. The summed E-state index contributed by atoms with van der Waals surface area (Å²) in [5.74, 6) is 1.28. The van der Waals surface area contributed by atoms with Gasteiger partial charge in [0.1, 0.15) is 11.4 Å². The second-order valence-electron chi connectivity index (χ2n) is 4.72. The van der Waals surface area contributed by atoms with Crippen molar-refractivity contribution in [2.24, 2.45) is 16.6 Å². The third kappa shape index (κ3) is 0.938. The molecule has 1 heterocycles. The van der Waals surface area contributed by atoms with Crippen LogP contribution in [0.25, 0.3) is 0 Å². The molecule has 2 aliphatic carbocycles. The van der Waals surface area contributed by atoms with Gasteiger partial charge in [-0.3, -0.25) is 0 Å². The van der Waals surface area contributed by atoms with Gasteiger partial charge >= 0.3 is 6.03 Å². The number of amides is 2. The van der Waals surface area contributed by atoms with Crippen molar-refractivity contribution in [2.45, 2.75) is 37.6 Å². The summed E-state index contributed by atoms with van der Waals surface area (Å²) < 4.78 is 0. The molecule has 0 aromatic carbocycles. The highest BCUT2D eigenvalue weighted by Crippen LogP contribution is 2.43. The monoisotopic (exact) mass is 193 g/mol. The fraction of sp³-hybridized carbons (Fsp3) is 0.800. The number of nitrogens with two attached hydrogens (primary N) is 1. The van der Waals surface area contributed by atoms with Crippen LogP contribution in [-0.4, -0.2) is 28.9 Å². The highest BCUT2D eigenvalue weighted by molar-refractivity contribution is 6.06. The molecule has 1 spiro atoms. The first-order valence-electron chi connectivity index (χ1n) is 5.39. The van der Waals surface area contributed by atoms with Crippen LogP contribution in [0.3, 0.4) is 0 Å². The van der Waals surface area contributed by atoms with Crippen LogP contribution in [0.1, 0.15) is 32.1 Å². The molecule has 2 N–H and O–H groups in total. The quantitative estimate of drug-likeness (QED) is 0.714. The SMILES string of the molecule is NC1=NC(=O)N(CC2CC2)C12CCC2. The number of urea groups is 1. The molecule has 3 rings (SSSR count). The van der Waals surface area contributed by atoms with Gasteiger partial charge in [-0.05, 0) is 38.0 Å². The zero-order chi connectivity index (χ0) is 9.76. The first-order valence-corrected chi connectivity index (χ1v) is 5.39. The standard InChI is InChI=1S/C10H15N3O/c11-8-10(4-1-5-10)13(9(14)12-8)6-7-2-3-7/h7H,1-6H2,(H2,11,12,14). The van der Waals surface area contributed by atoms with E-state index in [4.69, 9.17) is 5.73 Å². The number of hydrogen-bond donors (Lipinski definition) is 1. The summed E-state index contributed by atoms with van der Waals surface area (Å²) in [6, 6.07) is -0.103. The molecule has 2 fully saturated rings. The fourth-order valence-electron chi connectivity index (χ4n) is 2.44. The summed E-state index contributed by atoms with van der Waals surface area (Å²) in [4.78, 5) is 17.4. The lowest BCUT2D eigenvalue weighted by molar-refractivity contribution is 0.113. The van der Waals surface area contributed by atoms with Crippen LogP contribution in [0.4, 0.5) is 4.79 Å². The molecular formula is C10H15N3O. The maximum absolute atomic E-state index is 11.6. The average molecular weight is 193 g/mol. The number of amidine groups is 1. The smallest absolute Gasteiger partial charge is 0.346 e. The molecule has 0 atom stereocenters. The Balaban J connectivity index is 1.84. The van der Waals surface area contributed by atoms with E-state index in [2.05, 4.69) is 4.99 Å². The zero-order valence-electron chi connectivity index (χ0n) is 8.20. The lowest BCUT2D eigenvalue weighted by atomic mass is 9.75. The van der Waals surface area contributed by atoms with Crippen molar-refractivity contribution in [2.75, 3.05) is 6.54 Å². The van der Waals surface area contributed by atoms with E-state index in [1.807, 2.05) is 4.90 Å². The molecule has 3 aliphatic rings. The molecule has 0 unspecified atom stereocenters. The molecule has 2 saturated carbocycles. The predicted octanol–water partition coefficient (Wildman–Crippen LogP) is 1.11. The van der Waals surface area contributed by atoms with E-state index in [1.165, 1.54) is 19.3 Å². The first kappa shape index (κ1) is 8.26. The average Bonchev–Trinajstić information content (AvgIpc) is 2.79. The Labute approximate surface area is 83.2 Å². The molecule has 14 heavy (non-hydrogen) atoms. The lowest BCUT2D eigenvalue weighted by Gasteiger charge is -2.45. The number of hydrogen-bond acceptors (Lipinski definition) is 2. The molecule has 0 saturated heterocycles.